The fourth-order valence-corrected chi connectivity index (χ4v) is 2.32. The van der Waals surface area contributed by atoms with E-state index in [1.165, 1.54) is 6.07 Å². The Bertz CT molecular complexity index is 643. The van der Waals surface area contributed by atoms with Crippen LogP contribution in [0.25, 0.3) is 0 Å². The third kappa shape index (κ3) is 3.11. The van der Waals surface area contributed by atoms with Crippen LogP contribution in [0.1, 0.15) is 11.1 Å². The van der Waals surface area contributed by atoms with Crippen LogP contribution in [0.3, 0.4) is 0 Å². The number of benzene rings is 2. The topological polar surface area (TPSA) is 38.0 Å². The molecule has 0 spiro atoms. The lowest BCUT2D eigenvalue weighted by Gasteiger charge is -2.14. The summed E-state index contributed by atoms with van der Waals surface area (Å²) in [5, 5.41) is 3.17. The maximum absolute atomic E-state index is 13.8. The molecule has 0 saturated heterocycles. The second-order valence-corrected chi connectivity index (χ2v) is 5.47. The molecule has 0 aliphatic heterocycles. The highest BCUT2D eigenvalue weighted by molar-refractivity contribution is 9.10. The number of thiocarbonyl (C=S) groups is 1. The van der Waals surface area contributed by atoms with Gasteiger partial charge in [-0.1, -0.05) is 40.3 Å². The summed E-state index contributed by atoms with van der Waals surface area (Å²) >= 11 is 8.31. The van der Waals surface area contributed by atoms with Crippen molar-refractivity contribution in [1.29, 1.82) is 0 Å². The van der Waals surface area contributed by atoms with Gasteiger partial charge in [0, 0.05) is 10.2 Å². The largest absolute Gasteiger partial charge is 0.389 e. The fourth-order valence-electron chi connectivity index (χ4n) is 1.75. The zero-order chi connectivity index (χ0) is 14.0. The molecule has 2 aromatic rings. The van der Waals surface area contributed by atoms with Gasteiger partial charge in [-0.15, -0.1) is 0 Å². The maximum atomic E-state index is 13.8. The first-order valence-corrected chi connectivity index (χ1v) is 6.80. The zero-order valence-corrected chi connectivity index (χ0v) is 12.6. The number of rotatable bonds is 3. The Morgan fingerprint density at radius 2 is 2.00 bits per heavy atom. The van der Waals surface area contributed by atoms with Gasteiger partial charge in [-0.05, 0) is 36.8 Å². The van der Waals surface area contributed by atoms with Crippen molar-refractivity contribution in [3.8, 4) is 0 Å². The molecule has 2 nitrogen and oxygen atoms in total. The molecule has 0 bridgehead atoms. The monoisotopic (exact) mass is 338 g/mol. The highest BCUT2D eigenvalue weighted by atomic mass is 79.9. The number of hydrogen-bond acceptors (Lipinski definition) is 2. The number of nitrogens with two attached hydrogens (primary N) is 1. The second-order valence-electron chi connectivity index (χ2n) is 4.11. The molecule has 2 aromatic carbocycles. The van der Waals surface area contributed by atoms with Gasteiger partial charge in [-0.25, -0.2) is 4.39 Å². The van der Waals surface area contributed by atoms with E-state index >= 15 is 0 Å². The molecule has 0 unspecified atom stereocenters. The molecule has 0 saturated carbocycles. The Hall–Kier alpha value is -1.46. The van der Waals surface area contributed by atoms with Crippen LogP contribution in [0, 0.1) is 12.7 Å². The average Bonchev–Trinajstić information content (AvgIpc) is 2.33. The van der Waals surface area contributed by atoms with Crippen molar-refractivity contribution in [3.63, 3.8) is 0 Å². The van der Waals surface area contributed by atoms with E-state index in [1.807, 2.05) is 25.1 Å². The SMILES string of the molecule is Cc1ccc(Br)cc1Nc1cccc(F)c1C(N)=S. The van der Waals surface area contributed by atoms with Gasteiger partial charge in [0.2, 0.25) is 0 Å². The predicted octanol–water partition coefficient (Wildman–Crippen LogP) is 4.27. The Morgan fingerprint density at radius 1 is 1.26 bits per heavy atom. The third-order valence-electron chi connectivity index (χ3n) is 2.73. The summed E-state index contributed by atoms with van der Waals surface area (Å²) in [4.78, 5) is 0.0354. The predicted molar refractivity (Wildman–Crippen MR) is 84.4 cm³/mol. The Balaban J connectivity index is 2.46. The molecule has 19 heavy (non-hydrogen) atoms. The quantitative estimate of drug-likeness (QED) is 0.820. The van der Waals surface area contributed by atoms with E-state index in [0.29, 0.717) is 5.69 Å². The summed E-state index contributed by atoms with van der Waals surface area (Å²) in [5.41, 5.74) is 8.29. The summed E-state index contributed by atoms with van der Waals surface area (Å²) in [5.74, 6) is -0.426. The molecule has 0 aliphatic carbocycles. The van der Waals surface area contributed by atoms with Crippen molar-refractivity contribution in [2.45, 2.75) is 6.92 Å². The first-order chi connectivity index (χ1) is 8.99. The Morgan fingerprint density at radius 3 is 2.68 bits per heavy atom. The summed E-state index contributed by atoms with van der Waals surface area (Å²) in [6, 6.07) is 10.5. The lowest BCUT2D eigenvalue weighted by molar-refractivity contribution is 0.626. The molecule has 98 valence electrons. The van der Waals surface area contributed by atoms with Gasteiger partial charge in [0.25, 0.3) is 0 Å². The minimum atomic E-state index is -0.426. The molecule has 5 heteroatoms. The van der Waals surface area contributed by atoms with Gasteiger partial charge < -0.3 is 11.1 Å². The number of aryl methyl sites for hydroxylation is 1. The molecule has 0 aliphatic rings. The van der Waals surface area contributed by atoms with E-state index in [2.05, 4.69) is 21.2 Å². The minimum absolute atomic E-state index is 0.0354. The van der Waals surface area contributed by atoms with Gasteiger partial charge in [-0.3, -0.25) is 0 Å². The smallest absolute Gasteiger partial charge is 0.135 e. The molecule has 0 atom stereocenters. The second kappa shape index (κ2) is 5.67. The fraction of sp³-hybridized carbons (Fsp3) is 0.0714. The van der Waals surface area contributed by atoms with Crippen LogP contribution in [0.15, 0.2) is 40.9 Å². The van der Waals surface area contributed by atoms with Crippen LogP contribution in [0.2, 0.25) is 0 Å². The minimum Gasteiger partial charge on any atom is -0.389 e. The lowest BCUT2D eigenvalue weighted by Crippen LogP contribution is -2.14. The van der Waals surface area contributed by atoms with Crippen LogP contribution in [-0.2, 0) is 0 Å². The number of anilines is 2. The average molecular weight is 339 g/mol. The van der Waals surface area contributed by atoms with Gasteiger partial charge in [-0.2, -0.15) is 0 Å². The Labute approximate surface area is 124 Å². The molecule has 0 heterocycles. The molecule has 0 fully saturated rings. The van der Waals surface area contributed by atoms with Crippen LogP contribution < -0.4 is 11.1 Å². The van der Waals surface area contributed by atoms with E-state index in [9.17, 15) is 4.39 Å². The van der Waals surface area contributed by atoms with Crippen LogP contribution in [0.5, 0.6) is 0 Å². The molecule has 0 amide bonds. The molecular formula is C14H12BrFN2S. The van der Waals surface area contributed by atoms with Gasteiger partial charge in [0.1, 0.15) is 10.8 Å². The summed E-state index contributed by atoms with van der Waals surface area (Å²) in [7, 11) is 0. The molecule has 3 N–H and O–H groups in total. The van der Waals surface area contributed by atoms with Gasteiger partial charge in [0.05, 0.1) is 11.3 Å². The van der Waals surface area contributed by atoms with E-state index in [4.69, 9.17) is 18.0 Å². The first kappa shape index (κ1) is 14.0. The van der Waals surface area contributed by atoms with Gasteiger partial charge >= 0.3 is 0 Å². The van der Waals surface area contributed by atoms with Crippen LogP contribution in [0.4, 0.5) is 15.8 Å². The first-order valence-electron chi connectivity index (χ1n) is 5.60. The summed E-state index contributed by atoms with van der Waals surface area (Å²) in [6.07, 6.45) is 0. The third-order valence-corrected chi connectivity index (χ3v) is 3.43. The maximum Gasteiger partial charge on any atom is 0.135 e. The van der Waals surface area contributed by atoms with Crippen molar-refractivity contribution in [1.82, 2.24) is 0 Å². The zero-order valence-electron chi connectivity index (χ0n) is 10.2. The van der Waals surface area contributed by atoms with E-state index in [-0.39, 0.29) is 10.6 Å². The summed E-state index contributed by atoms with van der Waals surface area (Å²) in [6.45, 7) is 1.97. The van der Waals surface area contributed by atoms with Crippen LogP contribution >= 0.6 is 28.1 Å². The molecule has 0 radical (unpaired) electrons. The number of nitrogens with one attached hydrogen (secondary N) is 1. The van der Waals surface area contributed by atoms with Crippen molar-refractivity contribution in [2.75, 3.05) is 5.32 Å². The Kier molecular flexibility index (Phi) is 4.17. The van der Waals surface area contributed by atoms with Crippen LogP contribution in [-0.4, -0.2) is 4.99 Å². The normalized spacial score (nSPS) is 10.3. The van der Waals surface area contributed by atoms with E-state index in [0.717, 1.165) is 15.7 Å². The van der Waals surface area contributed by atoms with Crippen molar-refractivity contribution in [3.05, 3.63) is 57.8 Å². The van der Waals surface area contributed by atoms with Crippen molar-refractivity contribution < 1.29 is 4.39 Å². The number of hydrogen-bond donors (Lipinski definition) is 2. The standard InChI is InChI=1S/C14H12BrFN2S/c1-8-5-6-9(15)7-12(8)18-11-4-2-3-10(16)13(11)14(17)19/h2-7,18H,1H3,(H2,17,19). The molecule has 0 aromatic heterocycles. The highest BCUT2D eigenvalue weighted by Gasteiger charge is 2.12. The van der Waals surface area contributed by atoms with Gasteiger partial charge in [0.15, 0.2) is 0 Å². The summed E-state index contributed by atoms with van der Waals surface area (Å²) < 4.78 is 14.7. The lowest BCUT2D eigenvalue weighted by atomic mass is 10.1. The van der Waals surface area contributed by atoms with Crippen molar-refractivity contribution >= 4 is 44.5 Å². The van der Waals surface area contributed by atoms with Crippen molar-refractivity contribution in [2.24, 2.45) is 5.73 Å². The molecule has 2 rings (SSSR count). The highest BCUT2D eigenvalue weighted by Crippen LogP contribution is 2.27. The van der Waals surface area contributed by atoms with E-state index in [1.54, 1.807) is 12.1 Å². The number of halogens is 2. The van der Waals surface area contributed by atoms with E-state index < -0.39 is 5.82 Å². The molecular weight excluding hydrogens is 327 g/mol.